The third-order valence-electron chi connectivity index (χ3n) is 3.20. The van der Waals surface area contributed by atoms with E-state index in [2.05, 4.69) is 4.98 Å². The van der Waals surface area contributed by atoms with Crippen LogP contribution in [0, 0.1) is 0 Å². The van der Waals surface area contributed by atoms with Crippen LogP contribution in [0.3, 0.4) is 0 Å². The van der Waals surface area contributed by atoms with Crippen molar-refractivity contribution in [3.05, 3.63) is 54.4 Å². The highest BCUT2D eigenvalue weighted by Gasteiger charge is 2.30. The van der Waals surface area contributed by atoms with Crippen molar-refractivity contribution in [3.8, 4) is 17.1 Å². The SMILES string of the molecule is COc1cccn2c(-c3cccc(C(F)(F)F)c3)ncc12. The summed E-state index contributed by atoms with van der Waals surface area (Å²) >= 11 is 0. The Morgan fingerprint density at radius 1 is 1.14 bits per heavy atom. The van der Waals surface area contributed by atoms with Crippen LogP contribution in [0.2, 0.25) is 0 Å². The number of nitrogens with zero attached hydrogens (tertiary/aromatic N) is 2. The number of benzene rings is 1. The quantitative estimate of drug-likeness (QED) is 0.713. The summed E-state index contributed by atoms with van der Waals surface area (Å²) in [6.07, 6.45) is -1.06. The van der Waals surface area contributed by atoms with E-state index >= 15 is 0 Å². The molecule has 0 fully saturated rings. The largest absolute Gasteiger partial charge is 0.494 e. The molecule has 1 aromatic carbocycles. The van der Waals surface area contributed by atoms with Crippen LogP contribution in [-0.2, 0) is 6.18 Å². The molecule has 108 valence electrons. The Labute approximate surface area is 118 Å². The third-order valence-corrected chi connectivity index (χ3v) is 3.20. The van der Waals surface area contributed by atoms with E-state index in [1.807, 2.05) is 0 Å². The molecule has 2 heterocycles. The van der Waals surface area contributed by atoms with E-state index in [-0.39, 0.29) is 0 Å². The van der Waals surface area contributed by atoms with Gasteiger partial charge in [-0.1, -0.05) is 12.1 Å². The number of imidazole rings is 1. The average molecular weight is 292 g/mol. The van der Waals surface area contributed by atoms with E-state index in [0.717, 1.165) is 12.1 Å². The second-order valence-electron chi connectivity index (χ2n) is 4.49. The molecule has 0 aliphatic rings. The molecule has 3 nitrogen and oxygen atoms in total. The normalized spacial score (nSPS) is 11.8. The Hall–Kier alpha value is -2.50. The number of aromatic nitrogens is 2. The zero-order chi connectivity index (χ0) is 15.0. The van der Waals surface area contributed by atoms with Gasteiger partial charge in [-0.2, -0.15) is 13.2 Å². The number of rotatable bonds is 2. The summed E-state index contributed by atoms with van der Waals surface area (Å²) in [5.41, 5.74) is 0.408. The molecule has 0 spiro atoms. The van der Waals surface area contributed by atoms with Crippen molar-refractivity contribution in [2.75, 3.05) is 7.11 Å². The zero-order valence-electron chi connectivity index (χ0n) is 11.1. The van der Waals surface area contributed by atoms with E-state index in [9.17, 15) is 13.2 Å². The highest BCUT2D eigenvalue weighted by atomic mass is 19.4. The number of methoxy groups -OCH3 is 1. The van der Waals surface area contributed by atoms with Gasteiger partial charge in [-0.25, -0.2) is 4.98 Å². The Balaban J connectivity index is 2.18. The summed E-state index contributed by atoms with van der Waals surface area (Å²) < 4.78 is 45.3. The van der Waals surface area contributed by atoms with E-state index < -0.39 is 11.7 Å². The van der Waals surface area contributed by atoms with Crippen LogP contribution in [0.25, 0.3) is 16.9 Å². The smallest absolute Gasteiger partial charge is 0.416 e. The first-order valence-electron chi connectivity index (χ1n) is 6.18. The molecule has 0 atom stereocenters. The van der Waals surface area contributed by atoms with E-state index in [0.29, 0.717) is 22.7 Å². The van der Waals surface area contributed by atoms with Crippen molar-refractivity contribution in [2.45, 2.75) is 6.18 Å². The van der Waals surface area contributed by atoms with Crippen molar-refractivity contribution >= 4 is 5.52 Å². The molecular formula is C15H11F3N2O. The lowest BCUT2D eigenvalue weighted by Crippen LogP contribution is -2.04. The van der Waals surface area contributed by atoms with Gasteiger partial charge in [-0.15, -0.1) is 0 Å². The second-order valence-corrected chi connectivity index (χ2v) is 4.49. The molecule has 0 unspecified atom stereocenters. The standard InChI is InChI=1S/C15H11F3N2O/c1-21-13-6-3-7-20-12(13)9-19-14(20)10-4-2-5-11(8-10)15(16,17)18/h2-9H,1H3. The minimum Gasteiger partial charge on any atom is -0.494 e. The maximum absolute atomic E-state index is 12.8. The monoisotopic (exact) mass is 292 g/mol. The summed E-state index contributed by atoms with van der Waals surface area (Å²) in [6.45, 7) is 0. The van der Waals surface area contributed by atoms with Crippen molar-refractivity contribution in [1.82, 2.24) is 9.38 Å². The van der Waals surface area contributed by atoms with Crippen LogP contribution in [0.4, 0.5) is 13.2 Å². The van der Waals surface area contributed by atoms with Gasteiger partial charge in [0.05, 0.1) is 18.9 Å². The second kappa shape index (κ2) is 4.80. The fourth-order valence-corrected chi connectivity index (χ4v) is 2.22. The average Bonchev–Trinajstić information content (AvgIpc) is 2.90. The number of hydrogen-bond donors (Lipinski definition) is 0. The van der Waals surface area contributed by atoms with Crippen molar-refractivity contribution in [3.63, 3.8) is 0 Å². The molecule has 3 rings (SSSR count). The van der Waals surface area contributed by atoms with Crippen molar-refractivity contribution in [1.29, 1.82) is 0 Å². The molecule has 3 aromatic rings. The molecular weight excluding hydrogens is 281 g/mol. The lowest BCUT2D eigenvalue weighted by molar-refractivity contribution is -0.137. The topological polar surface area (TPSA) is 26.5 Å². The summed E-state index contributed by atoms with van der Waals surface area (Å²) in [5, 5.41) is 0. The Bertz CT molecular complexity index is 793. The maximum atomic E-state index is 12.8. The summed E-state index contributed by atoms with van der Waals surface area (Å²) in [5.74, 6) is 1.05. The van der Waals surface area contributed by atoms with Gasteiger partial charge < -0.3 is 4.74 Å². The van der Waals surface area contributed by atoms with Crippen LogP contribution < -0.4 is 4.74 Å². The number of hydrogen-bond acceptors (Lipinski definition) is 2. The predicted octanol–water partition coefficient (Wildman–Crippen LogP) is 4.03. The Morgan fingerprint density at radius 3 is 2.67 bits per heavy atom. The molecule has 0 amide bonds. The lowest BCUT2D eigenvalue weighted by atomic mass is 10.1. The molecule has 0 saturated heterocycles. The van der Waals surface area contributed by atoms with Gasteiger partial charge in [-0.05, 0) is 24.3 Å². The van der Waals surface area contributed by atoms with E-state index in [4.69, 9.17) is 4.74 Å². The van der Waals surface area contributed by atoms with Gasteiger partial charge in [0.2, 0.25) is 0 Å². The first-order valence-corrected chi connectivity index (χ1v) is 6.18. The van der Waals surface area contributed by atoms with Gasteiger partial charge in [0.25, 0.3) is 0 Å². The first kappa shape index (κ1) is 13.5. The van der Waals surface area contributed by atoms with Gasteiger partial charge in [0.1, 0.15) is 17.1 Å². The molecule has 0 N–H and O–H groups in total. The van der Waals surface area contributed by atoms with Crippen LogP contribution >= 0.6 is 0 Å². The van der Waals surface area contributed by atoms with Gasteiger partial charge >= 0.3 is 6.18 Å². The van der Waals surface area contributed by atoms with Crippen LogP contribution in [0.15, 0.2) is 48.8 Å². The van der Waals surface area contributed by atoms with E-state index in [1.165, 1.54) is 13.2 Å². The van der Waals surface area contributed by atoms with Crippen molar-refractivity contribution in [2.24, 2.45) is 0 Å². The van der Waals surface area contributed by atoms with E-state index in [1.54, 1.807) is 35.0 Å². The highest BCUT2D eigenvalue weighted by Crippen LogP contribution is 2.32. The van der Waals surface area contributed by atoms with Crippen molar-refractivity contribution < 1.29 is 17.9 Å². The number of pyridine rings is 1. The molecule has 0 bridgehead atoms. The fraction of sp³-hybridized carbons (Fsp3) is 0.133. The van der Waals surface area contributed by atoms with Crippen LogP contribution in [-0.4, -0.2) is 16.5 Å². The third kappa shape index (κ3) is 2.33. The maximum Gasteiger partial charge on any atom is 0.416 e. The molecule has 6 heteroatoms. The molecule has 0 saturated carbocycles. The number of alkyl halides is 3. The molecule has 0 aliphatic carbocycles. The number of ether oxygens (including phenoxy) is 1. The summed E-state index contributed by atoms with van der Waals surface area (Å²) in [6, 6.07) is 8.63. The minimum absolute atomic E-state index is 0.401. The van der Waals surface area contributed by atoms with Crippen LogP contribution in [0.5, 0.6) is 5.75 Å². The Kier molecular flexibility index (Phi) is 3.08. The lowest BCUT2D eigenvalue weighted by Gasteiger charge is -2.09. The number of fused-ring (bicyclic) bond motifs is 1. The highest BCUT2D eigenvalue weighted by molar-refractivity contribution is 5.67. The molecule has 2 aromatic heterocycles. The van der Waals surface area contributed by atoms with Gasteiger partial charge in [0, 0.05) is 11.8 Å². The predicted molar refractivity (Wildman–Crippen MR) is 72.2 cm³/mol. The Morgan fingerprint density at radius 2 is 1.95 bits per heavy atom. The summed E-state index contributed by atoms with van der Waals surface area (Å²) in [4.78, 5) is 4.21. The molecule has 21 heavy (non-hydrogen) atoms. The molecule has 0 radical (unpaired) electrons. The fourth-order valence-electron chi connectivity index (χ4n) is 2.22. The number of halogens is 3. The van der Waals surface area contributed by atoms with Gasteiger partial charge in [0.15, 0.2) is 0 Å². The molecule has 0 aliphatic heterocycles. The first-order chi connectivity index (χ1) is 10.0. The zero-order valence-corrected chi connectivity index (χ0v) is 11.1. The minimum atomic E-state index is -4.37. The summed E-state index contributed by atoms with van der Waals surface area (Å²) in [7, 11) is 1.53. The van der Waals surface area contributed by atoms with Crippen LogP contribution in [0.1, 0.15) is 5.56 Å². The van der Waals surface area contributed by atoms with Gasteiger partial charge in [-0.3, -0.25) is 4.40 Å².